The van der Waals surface area contributed by atoms with E-state index in [1.165, 1.54) is 0 Å². The summed E-state index contributed by atoms with van der Waals surface area (Å²) in [6.07, 6.45) is 0. The molecule has 3 nitrogen and oxygen atoms in total. The number of hydrogen-bond acceptors (Lipinski definition) is 3. The van der Waals surface area contributed by atoms with Gasteiger partial charge in [-0.05, 0) is 29.6 Å². The van der Waals surface area contributed by atoms with E-state index in [1.807, 2.05) is 60.0 Å². The first-order valence-electron chi connectivity index (χ1n) is 7.53. The van der Waals surface area contributed by atoms with Crippen molar-refractivity contribution >= 4 is 33.2 Å². The number of carbonyl (C=O) groups excluding carboxylic acids is 1. The Morgan fingerprint density at radius 1 is 1.04 bits per heavy atom. The molecule has 0 bridgehead atoms. The summed E-state index contributed by atoms with van der Waals surface area (Å²) in [4.78, 5) is 15.5. The average molecular weight is 400 g/mol. The number of fused-ring (bicyclic) bond motifs is 1. The molecule has 1 aromatic heterocycles. The lowest BCUT2D eigenvalue weighted by atomic mass is 9.94. The summed E-state index contributed by atoms with van der Waals surface area (Å²) < 4.78 is 0.928. The number of rotatable bonds is 3. The summed E-state index contributed by atoms with van der Waals surface area (Å²) in [6.45, 7) is 0.373. The van der Waals surface area contributed by atoms with E-state index in [2.05, 4.69) is 15.9 Å². The van der Waals surface area contributed by atoms with Gasteiger partial charge in [0.2, 0.25) is 0 Å². The Hall–Kier alpha value is -1.95. The predicted octanol–water partition coefficient (Wildman–Crippen LogP) is 4.36. The molecule has 4 rings (SSSR count). The van der Waals surface area contributed by atoms with E-state index >= 15 is 0 Å². The Labute approximate surface area is 152 Å². The van der Waals surface area contributed by atoms with Crippen LogP contribution in [0.4, 0.5) is 0 Å². The zero-order valence-electron chi connectivity index (χ0n) is 12.6. The lowest BCUT2D eigenvalue weighted by Crippen LogP contribution is -2.44. The largest absolute Gasteiger partial charge is 0.363 e. The van der Waals surface area contributed by atoms with E-state index in [0.717, 1.165) is 9.35 Å². The number of nitrogens with zero attached hydrogens (tertiary/aromatic N) is 1. The topological polar surface area (TPSA) is 40.5 Å². The summed E-state index contributed by atoms with van der Waals surface area (Å²) in [6, 6.07) is 18.7. The number of hydrogen-bond donors (Lipinski definition) is 1. The molecule has 0 saturated carbocycles. The molecular formula is C19H14BrNO2S. The summed E-state index contributed by atoms with van der Waals surface area (Å²) >= 11 is 4.99. The van der Waals surface area contributed by atoms with Gasteiger partial charge in [0.15, 0.2) is 5.72 Å². The van der Waals surface area contributed by atoms with Crippen LogP contribution in [-0.4, -0.2) is 15.9 Å². The van der Waals surface area contributed by atoms with Crippen molar-refractivity contribution < 1.29 is 9.90 Å². The van der Waals surface area contributed by atoms with Gasteiger partial charge >= 0.3 is 0 Å². The van der Waals surface area contributed by atoms with Crippen LogP contribution in [-0.2, 0) is 12.3 Å². The van der Waals surface area contributed by atoms with Crippen LogP contribution in [0.5, 0.6) is 0 Å². The highest BCUT2D eigenvalue weighted by atomic mass is 79.9. The number of aliphatic hydroxyl groups is 1. The number of carbonyl (C=O) groups is 1. The number of amides is 1. The molecular weight excluding hydrogens is 386 g/mol. The second-order valence-electron chi connectivity index (χ2n) is 5.70. The fourth-order valence-electron chi connectivity index (χ4n) is 3.15. The lowest BCUT2D eigenvalue weighted by molar-refractivity contribution is -0.0538. The summed E-state index contributed by atoms with van der Waals surface area (Å²) in [5.74, 6) is -0.149. The maximum Gasteiger partial charge on any atom is 0.257 e. The molecule has 0 unspecified atom stereocenters. The maximum absolute atomic E-state index is 12.9. The molecule has 1 aliphatic heterocycles. The van der Waals surface area contributed by atoms with Crippen LogP contribution in [0.15, 0.2) is 70.5 Å². The Bertz CT molecular complexity index is 892. The number of benzene rings is 2. The Kier molecular flexibility index (Phi) is 3.79. The van der Waals surface area contributed by atoms with E-state index in [-0.39, 0.29) is 5.91 Å². The van der Waals surface area contributed by atoms with Gasteiger partial charge in [0.1, 0.15) is 0 Å². The van der Waals surface area contributed by atoms with Crippen LogP contribution >= 0.6 is 27.3 Å². The molecule has 1 atom stereocenters. The number of halogens is 1. The maximum atomic E-state index is 12.9. The Balaban J connectivity index is 1.88. The minimum atomic E-state index is -1.46. The lowest BCUT2D eigenvalue weighted by Gasteiger charge is -2.34. The Morgan fingerprint density at radius 2 is 1.79 bits per heavy atom. The second-order valence-corrected chi connectivity index (χ2v) is 7.64. The van der Waals surface area contributed by atoms with Gasteiger partial charge < -0.3 is 5.11 Å². The summed E-state index contributed by atoms with van der Waals surface area (Å²) in [5, 5.41) is 13.6. The standard InChI is InChI=1S/C19H14BrNO2S/c20-14-9-7-13(8-10-14)19(23)17-6-2-1-5-16(17)18(22)21(19)12-15-4-3-11-24-15/h1-11,23H,12H2/t19-/m1/s1. The molecule has 1 aliphatic rings. The van der Waals surface area contributed by atoms with Crippen LogP contribution in [0.3, 0.4) is 0 Å². The normalized spacial score (nSPS) is 19.6. The molecule has 0 saturated heterocycles. The summed E-state index contributed by atoms with van der Waals surface area (Å²) in [5.41, 5.74) is 0.409. The highest BCUT2D eigenvalue weighted by molar-refractivity contribution is 9.10. The van der Waals surface area contributed by atoms with Gasteiger partial charge in [0, 0.05) is 26.0 Å². The molecule has 120 valence electrons. The van der Waals surface area contributed by atoms with Gasteiger partial charge in [0.05, 0.1) is 6.54 Å². The van der Waals surface area contributed by atoms with Gasteiger partial charge in [-0.15, -0.1) is 11.3 Å². The van der Waals surface area contributed by atoms with E-state index in [0.29, 0.717) is 23.2 Å². The third-order valence-electron chi connectivity index (χ3n) is 4.31. The molecule has 3 aromatic rings. The van der Waals surface area contributed by atoms with Crippen molar-refractivity contribution in [3.05, 3.63) is 92.1 Å². The Morgan fingerprint density at radius 3 is 2.50 bits per heavy atom. The van der Waals surface area contributed by atoms with E-state index < -0.39 is 5.72 Å². The molecule has 0 aliphatic carbocycles. The van der Waals surface area contributed by atoms with Crippen molar-refractivity contribution in [2.75, 3.05) is 0 Å². The van der Waals surface area contributed by atoms with Gasteiger partial charge in [0.25, 0.3) is 5.91 Å². The monoisotopic (exact) mass is 399 g/mol. The predicted molar refractivity (Wildman–Crippen MR) is 97.8 cm³/mol. The van der Waals surface area contributed by atoms with Crippen molar-refractivity contribution in [1.29, 1.82) is 0 Å². The second kappa shape index (κ2) is 5.84. The highest BCUT2D eigenvalue weighted by Gasteiger charge is 2.49. The highest BCUT2D eigenvalue weighted by Crippen LogP contribution is 2.43. The quantitative estimate of drug-likeness (QED) is 0.710. The molecule has 0 radical (unpaired) electrons. The minimum absolute atomic E-state index is 0.149. The van der Waals surface area contributed by atoms with Crippen LogP contribution in [0.2, 0.25) is 0 Å². The molecule has 5 heteroatoms. The van der Waals surface area contributed by atoms with Crippen molar-refractivity contribution in [2.45, 2.75) is 12.3 Å². The molecule has 1 amide bonds. The third-order valence-corrected chi connectivity index (χ3v) is 5.70. The fourth-order valence-corrected chi connectivity index (χ4v) is 4.11. The zero-order valence-corrected chi connectivity index (χ0v) is 15.0. The van der Waals surface area contributed by atoms with Crippen LogP contribution in [0.1, 0.15) is 26.4 Å². The average Bonchev–Trinajstić information content (AvgIpc) is 3.18. The van der Waals surface area contributed by atoms with Crippen LogP contribution < -0.4 is 0 Å². The first-order chi connectivity index (χ1) is 11.6. The first-order valence-corrected chi connectivity index (χ1v) is 9.20. The van der Waals surface area contributed by atoms with Gasteiger partial charge in [-0.25, -0.2) is 0 Å². The van der Waals surface area contributed by atoms with Crippen molar-refractivity contribution in [1.82, 2.24) is 4.90 Å². The molecule has 2 aromatic carbocycles. The minimum Gasteiger partial charge on any atom is -0.363 e. The smallest absolute Gasteiger partial charge is 0.257 e. The van der Waals surface area contributed by atoms with Crippen LogP contribution in [0.25, 0.3) is 0 Å². The first kappa shape index (κ1) is 15.6. The molecule has 2 heterocycles. The molecule has 1 N–H and O–H groups in total. The SMILES string of the molecule is O=C1c2ccccc2[C@](O)(c2ccc(Br)cc2)N1Cc1cccs1. The van der Waals surface area contributed by atoms with Gasteiger partial charge in [-0.2, -0.15) is 0 Å². The van der Waals surface area contributed by atoms with E-state index in [1.54, 1.807) is 22.3 Å². The molecule has 0 spiro atoms. The van der Waals surface area contributed by atoms with Crippen molar-refractivity contribution in [3.8, 4) is 0 Å². The van der Waals surface area contributed by atoms with Crippen molar-refractivity contribution in [3.63, 3.8) is 0 Å². The van der Waals surface area contributed by atoms with Crippen LogP contribution in [0, 0.1) is 0 Å². The van der Waals surface area contributed by atoms with E-state index in [9.17, 15) is 9.90 Å². The van der Waals surface area contributed by atoms with Gasteiger partial charge in [-0.3, -0.25) is 9.69 Å². The summed E-state index contributed by atoms with van der Waals surface area (Å²) in [7, 11) is 0. The fraction of sp³-hybridized carbons (Fsp3) is 0.105. The van der Waals surface area contributed by atoms with Crippen molar-refractivity contribution in [2.24, 2.45) is 0 Å². The van der Waals surface area contributed by atoms with Gasteiger partial charge in [-0.1, -0.05) is 52.3 Å². The molecule has 0 fully saturated rings. The zero-order chi connectivity index (χ0) is 16.7. The number of thiophene rings is 1. The molecule has 24 heavy (non-hydrogen) atoms. The third kappa shape index (κ3) is 2.32. The van der Waals surface area contributed by atoms with E-state index in [4.69, 9.17) is 0 Å².